The van der Waals surface area contributed by atoms with Crippen molar-refractivity contribution in [1.29, 1.82) is 0 Å². The van der Waals surface area contributed by atoms with E-state index in [1.165, 1.54) is 12.1 Å². The summed E-state index contributed by atoms with van der Waals surface area (Å²) < 4.78 is 37.4. The zero-order valence-electron chi connectivity index (χ0n) is 60.4. The Bertz CT molecular complexity index is 6440. The summed E-state index contributed by atoms with van der Waals surface area (Å²) in [5.41, 5.74) is 15.3. The molecule has 20 aromatic rings. The van der Waals surface area contributed by atoms with Crippen LogP contribution in [-0.2, 0) is 0 Å². The van der Waals surface area contributed by atoms with Crippen molar-refractivity contribution in [2.24, 2.45) is 0 Å². The van der Waals surface area contributed by atoms with Gasteiger partial charge in [-0.05, 0) is 60.5 Å². The average Bonchev–Trinajstić information content (AvgIpc) is 1.57. The van der Waals surface area contributed by atoms with Crippen LogP contribution >= 0.6 is 0 Å². The van der Waals surface area contributed by atoms with Gasteiger partial charge in [0.1, 0.15) is 11.6 Å². The molecule has 0 amide bonds. The van der Waals surface area contributed by atoms with Crippen molar-refractivity contribution < 1.29 is 8.78 Å². The summed E-state index contributed by atoms with van der Waals surface area (Å²) in [6.45, 7) is 2.07. The highest BCUT2D eigenvalue weighted by Crippen LogP contribution is 2.46. The molecule has 0 aliphatic heterocycles. The van der Waals surface area contributed by atoms with E-state index < -0.39 is 11.6 Å². The van der Waals surface area contributed by atoms with Crippen LogP contribution in [0.3, 0.4) is 0 Å². The molecule has 0 fully saturated rings. The molecule has 0 atom stereocenters. The Morgan fingerprint density at radius 3 is 0.637 bits per heavy atom. The SMILES string of the molecule is Cc1c(-n2c3cc(-c4nc(-c5ccccc5)nc(-c5ccccc5)n4)ccc3c3ccc(-c4nc(-c5ccccc5)nc(-c5ccccc5)n4)cc32)ccc(-c2cc(F)cc(F)c2)c1-n1c2cc(-c3nc(-c4ccccc4)nc(-c4ccccc4)n3)ccc2c2ccc(-c3nc(-c4ccccc4)nc(-c4ccccc4)n3)cc21. The van der Waals surface area contributed by atoms with E-state index in [4.69, 9.17) is 59.8 Å². The third-order valence-electron chi connectivity index (χ3n) is 20.4. The van der Waals surface area contributed by atoms with Crippen molar-refractivity contribution in [1.82, 2.24) is 68.9 Å². The highest BCUT2D eigenvalue weighted by molar-refractivity contribution is 6.13. The van der Waals surface area contributed by atoms with Gasteiger partial charge in [0.15, 0.2) is 69.9 Å². The molecule has 0 spiro atoms. The van der Waals surface area contributed by atoms with E-state index in [2.05, 4.69) is 76.7 Å². The largest absolute Gasteiger partial charge is 0.309 e. The van der Waals surface area contributed by atoms with Crippen molar-refractivity contribution in [2.45, 2.75) is 6.92 Å². The number of aromatic nitrogens is 14. The van der Waals surface area contributed by atoms with Crippen LogP contribution in [0.1, 0.15) is 5.56 Å². The first-order chi connectivity index (χ1) is 55.7. The molecule has 14 aromatic carbocycles. The fourth-order valence-electron chi connectivity index (χ4n) is 15.0. The third kappa shape index (κ3) is 12.6. The lowest BCUT2D eigenvalue weighted by Crippen LogP contribution is -2.07. The van der Waals surface area contributed by atoms with Gasteiger partial charge in [-0.15, -0.1) is 0 Å². The maximum absolute atomic E-state index is 16.5. The number of benzene rings is 14. The van der Waals surface area contributed by atoms with Crippen LogP contribution in [0.4, 0.5) is 8.78 Å². The molecule has 0 aliphatic rings. The lowest BCUT2D eigenvalue weighted by atomic mass is 9.97. The van der Waals surface area contributed by atoms with Gasteiger partial charge in [0.25, 0.3) is 0 Å². The van der Waals surface area contributed by atoms with Crippen molar-refractivity contribution in [3.63, 3.8) is 0 Å². The summed E-state index contributed by atoms with van der Waals surface area (Å²) >= 11 is 0. The molecule has 532 valence electrons. The highest BCUT2D eigenvalue weighted by Gasteiger charge is 2.27. The zero-order valence-corrected chi connectivity index (χ0v) is 60.4. The second kappa shape index (κ2) is 28.3. The maximum atomic E-state index is 16.5. The minimum atomic E-state index is -0.744. The first kappa shape index (κ1) is 67.0. The van der Waals surface area contributed by atoms with Gasteiger partial charge in [-0.2, -0.15) is 0 Å². The fraction of sp³-hybridized carbons (Fsp3) is 0.0103. The standard InChI is InChI=1S/C97H60F2N14/c1-59-80(112-81-54-68(94-104-86(60-26-10-2-11-27-60)100-87(105-94)61-28-12-3-13-29-61)42-46-76(81)77-47-43-69(55-82(77)112)95-106-88(62-30-14-4-15-31-62)101-89(107-95)63-32-16-5-17-33-63)51-50-75(72-52-73(98)58-74(99)53-72)85(59)113-83-56-70(96-108-90(64-34-18-6-19-35-64)102-91(109-96)65-36-20-7-21-37-65)44-48-78(83)79-49-45-71(57-84(79)113)97-110-92(66-38-22-8-23-39-66)103-93(111-97)67-40-24-9-25-41-67/h2-58H,1H3. The second-order valence-corrected chi connectivity index (χ2v) is 27.5. The van der Waals surface area contributed by atoms with Crippen LogP contribution in [0, 0.1) is 18.6 Å². The smallest absolute Gasteiger partial charge is 0.164 e. The van der Waals surface area contributed by atoms with Gasteiger partial charge in [0.2, 0.25) is 0 Å². The Kier molecular flexibility index (Phi) is 16.8. The minimum Gasteiger partial charge on any atom is -0.309 e. The molecular formula is C97H60F2N14. The summed E-state index contributed by atoms with van der Waals surface area (Å²) in [5.74, 6) is 4.28. The molecule has 0 radical (unpaired) electrons. The Balaban J connectivity index is 0.888. The molecule has 20 rings (SSSR count). The van der Waals surface area contributed by atoms with E-state index in [0.717, 1.165) is 117 Å². The number of hydrogen-bond donors (Lipinski definition) is 0. The van der Waals surface area contributed by atoms with Crippen LogP contribution in [0.5, 0.6) is 0 Å². The van der Waals surface area contributed by atoms with E-state index in [-0.39, 0.29) is 0 Å². The topological polar surface area (TPSA) is 165 Å². The van der Waals surface area contributed by atoms with Gasteiger partial charge in [-0.1, -0.05) is 297 Å². The van der Waals surface area contributed by atoms with Gasteiger partial charge >= 0.3 is 0 Å². The molecule has 0 saturated heterocycles. The van der Waals surface area contributed by atoms with Gasteiger partial charge in [-0.3, -0.25) is 0 Å². The second-order valence-electron chi connectivity index (χ2n) is 27.5. The van der Waals surface area contributed by atoms with Crippen LogP contribution in [0.2, 0.25) is 0 Å². The van der Waals surface area contributed by atoms with E-state index in [1.54, 1.807) is 0 Å². The monoisotopic (exact) mass is 1460 g/mol. The Morgan fingerprint density at radius 2 is 0.407 bits per heavy atom. The molecule has 0 aliphatic carbocycles. The number of fused-ring (bicyclic) bond motifs is 6. The fourth-order valence-corrected chi connectivity index (χ4v) is 15.0. The zero-order chi connectivity index (χ0) is 75.5. The Labute approximate surface area is 646 Å². The molecule has 0 unspecified atom stereocenters. The van der Waals surface area contributed by atoms with Crippen molar-refractivity contribution in [2.75, 3.05) is 0 Å². The third-order valence-corrected chi connectivity index (χ3v) is 20.4. The molecular weight excluding hydrogens is 1400 g/mol. The Morgan fingerprint density at radius 1 is 0.195 bits per heavy atom. The summed E-state index contributed by atoms with van der Waals surface area (Å²) in [7, 11) is 0. The average molecular weight is 1460 g/mol. The predicted molar refractivity (Wildman–Crippen MR) is 444 cm³/mol. The van der Waals surface area contributed by atoms with Crippen molar-refractivity contribution in [3.05, 3.63) is 363 Å². The predicted octanol–water partition coefficient (Wildman–Crippen LogP) is 22.9. The summed E-state index contributed by atoms with van der Waals surface area (Å²) in [6.07, 6.45) is 0. The van der Waals surface area contributed by atoms with Crippen LogP contribution in [0.15, 0.2) is 346 Å². The summed E-state index contributed by atoms with van der Waals surface area (Å²) in [5, 5.41) is 3.54. The van der Waals surface area contributed by atoms with Crippen LogP contribution < -0.4 is 0 Å². The molecule has 0 N–H and O–H groups in total. The molecule has 6 heterocycles. The van der Waals surface area contributed by atoms with E-state index in [9.17, 15) is 0 Å². The number of rotatable bonds is 15. The first-order valence-corrected chi connectivity index (χ1v) is 37.0. The van der Waals surface area contributed by atoms with Crippen LogP contribution in [0.25, 0.3) is 203 Å². The van der Waals surface area contributed by atoms with Crippen molar-refractivity contribution in [3.8, 4) is 159 Å². The van der Waals surface area contributed by atoms with Gasteiger partial charge in [-0.25, -0.2) is 68.6 Å². The maximum Gasteiger partial charge on any atom is 0.164 e. The van der Waals surface area contributed by atoms with Crippen molar-refractivity contribution >= 4 is 43.6 Å². The number of hydrogen-bond acceptors (Lipinski definition) is 12. The van der Waals surface area contributed by atoms with E-state index in [1.807, 2.05) is 267 Å². The van der Waals surface area contributed by atoms with Crippen LogP contribution in [-0.4, -0.2) is 68.9 Å². The van der Waals surface area contributed by atoms with Gasteiger partial charge in [0.05, 0.1) is 33.4 Å². The number of nitrogens with zero attached hydrogens (tertiary/aromatic N) is 14. The molecule has 0 saturated carbocycles. The summed E-state index contributed by atoms with van der Waals surface area (Å²) in [6, 6.07) is 112. The quantitative estimate of drug-likeness (QED) is 0.0955. The molecule has 14 nitrogen and oxygen atoms in total. The molecule has 16 heteroatoms. The lowest BCUT2D eigenvalue weighted by Gasteiger charge is -2.22. The molecule has 113 heavy (non-hydrogen) atoms. The minimum absolute atomic E-state index is 0.299. The van der Waals surface area contributed by atoms with Gasteiger partial charge in [0, 0.05) is 99.9 Å². The first-order valence-electron chi connectivity index (χ1n) is 37.0. The van der Waals surface area contributed by atoms with Gasteiger partial charge < -0.3 is 9.13 Å². The highest BCUT2D eigenvalue weighted by atomic mass is 19.1. The normalized spacial score (nSPS) is 11.5. The van der Waals surface area contributed by atoms with E-state index >= 15 is 8.78 Å². The molecule has 6 aromatic heterocycles. The van der Waals surface area contributed by atoms with E-state index in [0.29, 0.717) is 97.8 Å². The summed E-state index contributed by atoms with van der Waals surface area (Å²) in [4.78, 5) is 62.4. The Hall–Kier alpha value is -15.4. The molecule has 0 bridgehead atoms. The lowest BCUT2D eigenvalue weighted by molar-refractivity contribution is 0.584. The number of halogens is 2.